The Morgan fingerprint density at radius 2 is 1.94 bits per heavy atom. The Hall–Kier alpha value is -3.51. The number of piperazine rings is 1. The van der Waals surface area contributed by atoms with Gasteiger partial charge in [-0.15, -0.1) is 11.3 Å². The fourth-order valence-corrected chi connectivity index (χ4v) is 4.93. The van der Waals surface area contributed by atoms with E-state index in [4.69, 9.17) is 10.5 Å². The third-order valence-electron chi connectivity index (χ3n) is 5.79. The van der Waals surface area contributed by atoms with Gasteiger partial charge in [0.2, 0.25) is 5.95 Å². The molecular formula is C22H24F2N8OS. The number of aromatic nitrogens is 4. The van der Waals surface area contributed by atoms with Crippen molar-refractivity contribution < 1.29 is 13.5 Å². The van der Waals surface area contributed by atoms with E-state index >= 15 is 0 Å². The van der Waals surface area contributed by atoms with Crippen molar-refractivity contribution in [2.75, 3.05) is 49.2 Å². The van der Waals surface area contributed by atoms with Crippen molar-refractivity contribution in [2.24, 2.45) is 7.05 Å². The van der Waals surface area contributed by atoms with Crippen molar-refractivity contribution in [1.29, 1.82) is 0 Å². The number of hydrogen-bond acceptors (Lipinski definition) is 9. The lowest BCUT2D eigenvalue weighted by molar-refractivity contribution is -0.0493. The van der Waals surface area contributed by atoms with Crippen LogP contribution in [0.5, 0.6) is 5.75 Å². The highest BCUT2D eigenvalue weighted by molar-refractivity contribution is 7.17. The van der Waals surface area contributed by atoms with Crippen LogP contribution in [0.3, 0.4) is 0 Å². The number of nitrogens with zero attached hydrogens (tertiary/aromatic N) is 6. The average Bonchev–Trinajstić information content (AvgIpc) is 3.40. The third kappa shape index (κ3) is 4.33. The lowest BCUT2D eigenvalue weighted by Crippen LogP contribution is -2.44. The van der Waals surface area contributed by atoms with Crippen LogP contribution >= 0.6 is 11.3 Å². The van der Waals surface area contributed by atoms with Gasteiger partial charge in [-0.3, -0.25) is 4.68 Å². The summed E-state index contributed by atoms with van der Waals surface area (Å²) in [6.45, 7) is 0.214. The van der Waals surface area contributed by atoms with Gasteiger partial charge >= 0.3 is 6.61 Å². The Morgan fingerprint density at radius 3 is 2.71 bits per heavy atom. The van der Waals surface area contributed by atoms with E-state index in [9.17, 15) is 8.78 Å². The number of halogens is 2. The molecule has 5 rings (SSSR count). The van der Waals surface area contributed by atoms with E-state index in [2.05, 4.69) is 30.2 Å². The van der Waals surface area contributed by atoms with E-state index in [1.54, 1.807) is 40.4 Å². The third-order valence-corrected chi connectivity index (χ3v) is 6.70. The number of nitrogen functional groups attached to an aromatic ring is 1. The fraction of sp³-hybridized carbons (Fsp3) is 0.318. The normalized spacial score (nSPS) is 14.8. The molecule has 1 aromatic carbocycles. The Labute approximate surface area is 198 Å². The summed E-state index contributed by atoms with van der Waals surface area (Å²) >= 11 is 1.57. The molecule has 3 N–H and O–H groups in total. The first-order valence-electron chi connectivity index (χ1n) is 10.7. The van der Waals surface area contributed by atoms with Gasteiger partial charge in [-0.2, -0.15) is 13.9 Å². The van der Waals surface area contributed by atoms with E-state index in [-0.39, 0.29) is 17.4 Å². The van der Waals surface area contributed by atoms with Crippen molar-refractivity contribution in [3.63, 3.8) is 0 Å². The van der Waals surface area contributed by atoms with Gasteiger partial charge in [0.1, 0.15) is 5.69 Å². The van der Waals surface area contributed by atoms with Gasteiger partial charge < -0.3 is 25.6 Å². The van der Waals surface area contributed by atoms with Gasteiger partial charge in [-0.25, -0.2) is 9.97 Å². The standard InChI is InChI=1S/C22H24F2N8OS/c1-30-6-8-32(9-7-30)17-12-18(33-21(23)24)15(11-13(17)25)28-22-26-5-3-14(27-22)19-20-16(4-10-34-20)31(2)29-19/h3-5,10-12,21H,6-9,25H2,1-2H3,(H,26,27,28). The maximum absolute atomic E-state index is 13.2. The van der Waals surface area contributed by atoms with Crippen molar-refractivity contribution in [1.82, 2.24) is 24.6 Å². The minimum absolute atomic E-state index is 0.0226. The maximum Gasteiger partial charge on any atom is 0.387 e. The molecule has 0 saturated carbocycles. The number of alkyl halides is 2. The Balaban J connectivity index is 1.47. The van der Waals surface area contributed by atoms with Crippen LogP contribution in [0.15, 0.2) is 35.8 Å². The molecule has 178 valence electrons. The molecule has 0 bridgehead atoms. The molecule has 0 unspecified atom stereocenters. The van der Waals surface area contributed by atoms with Gasteiger partial charge in [0.25, 0.3) is 0 Å². The zero-order valence-electron chi connectivity index (χ0n) is 18.7. The van der Waals surface area contributed by atoms with Crippen LogP contribution < -0.4 is 20.7 Å². The summed E-state index contributed by atoms with van der Waals surface area (Å²) in [6, 6.07) is 6.89. The van der Waals surface area contributed by atoms with Crippen molar-refractivity contribution in [3.05, 3.63) is 35.8 Å². The van der Waals surface area contributed by atoms with E-state index in [0.29, 0.717) is 17.1 Å². The number of thiophene rings is 1. The summed E-state index contributed by atoms with van der Waals surface area (Å²) in [4.78, 5) is 13.1. The zero-order valence-corrected chi connectivity index (χ0v) is 19.5. The largest absolute Gasteiger partial charge is 0.433 e. The summed E-state index contributed by atoms with van der Waals surface area (Å²) in [5, 5.41) is 9.56. The second-order valence-corrected chi connectivity index (χ2v) is 8.99. The number of rotatable bonds is 6. The SMILES string of the molecule is CN1CCN(c2cc(OC(F)F)c(Nc3nccc(-c4nn(C)c5ccsc45)n3)cc2N)CC1. The van der Waals surface area contributed by atoms with Crippen molar-refractivity contribution in [2.45, 2.75) is 6.61 Å². The quantitative estimate of drug-likeness (QED) is 0.398. The second-order valence-electron chi connectivity index (χ2n) is 8.07. The number of ether oxygens (including phenoxy) is 1. The van der Waals surface area contributed by atoms with Gasteiger partial charge in [0.15, 0.2) is 5.75 Å². The molecule has 0 spiro atoms. The molecule has 0 atom stereocenters. The molecule has 0 aliphatic carbocycles. The predicted octanol–water partition coefficient (Wildman–Crippen LogP) is 3.77. The molecule has 0 amide bonds. The average molecular weight is 487 g/mol. The number of hydrogen-bond donors (Lipinski definition) is 2. The van der Waals surface area contributed by atoms with Crippen molar-refractivity contribution >= 4 is 44.6 Å². The minimum atomic E-state index is -2.99. The van der Waals surface area contributed by atoms with Crippen LogP contribution in [0, 0.1) is 0 Å². The number of fused-ring (bicyclic) bond motifs is 1. The number of benzene rings is 1. The molecular weight excluding hydrogens is 462 g/mol. The van der Waals surface area contributed by atoms with Gasteiger partial charge in [0.05, 0.1) is 33.0 Å². The second kappa shape index (κ2) is 9.03. The van der Waals surface area contributed by atoms with E-state index in [1.807, 2.05) is 25.5 Å². The summed E-state index contributed by atoms with van der Waals surface area (Å²) in [7, 11) is 3.92. The maximum atomic E-state index is 13.2. The Morgan fingerprint density at radius 1 is 1.15 bits per heavy atom. The lowest BCUT2D eigenvalue weighted by atomic mass is 10.2. The van der Waals surface area contributed by atoms with Crippen LogP contribution in [0.25, 0.3) is 21.6 Å². The highest BCUT2D eigenvalue weighted by Gasteiger charge is 2.21. The van der Waals surface area contributed by atoms with Crippen molar-refractivity contribution in [3.8, 4) is 17.1 Å². The number of nitrogens with two attached hydrogens (primary N) is 1. The van der Waals surface area contributed by atoms with Crippen LogP contribution in [-0.4, -0.2) is 64.5 Å². The molecule has 0 radical (unpaired) electrons. The summed E-state index contributed by atoms with van der Waals surface area (Å²) in [5.74, 6) is 0.198. The molecule has 1 saturated heterocycles. The molecule has 1 aliphatic heterocycles. The van der Waals surface area contributed by atoms with E-state index in [1.165, 1.54) is 0 Å². The molecule has 1 aliphatic rings. The lowest BCUT2D eigenvalue weighted by Gasteiger charge is -2.35. The van der Waals surface area contributed by atoms with Crippen LogP contribution in [-0.2, 0) is 7.05 Å². The molecule has 34 heavy (non-hydrogen) atoms. The highest BCUT2D eigenvalue weighted by atomic mass is 32.1. The van der Waals surface area contributed by atoms with Gasteiger partial charge in [-0.05, 0) is 30.6 Å². The molecule has 3 aromatic heterocycles. The highest BCUT2D eigenvalue weighted by Crippen LogP contribution is 2.38. The number of aryl methyl sites for hydroxylation is 1. The monoisotopic (exact) mass is 486 g/mol. The smallest absolute Gasteiger partial charge is 0.387 e. The molecule has 4 aromatic rings. The predicted molar refractivity (Wildman–Crippen MR) is 130 cm³/mol. The van der Waals surface area contributed by atoms with E-state index < -0.39 is 6.61 Å². The van der Waals surface area contributed by atoms with Crippen LogP contribution in [0.1, 0.15) is 0 Å². The zero-order chi connectivity index (χ0) is 23.8. The Bertz CT molecular complexity index is 1320. The van der Waals surface area contributed by atoms with Crippen LogP contribution in [0.4, 0.5) is 31.8 Å². The van der Waals surface area contributed by atoms with E-state index in [0.717, 1.165) is 42.1 Å². The summed E-state index contributed by atoms with van der Waals surface area (Å²) < 4.78 is 34.1. The summed E-state index contributed by atoms with van der Waals surface area (Å²) in [5.41, 5.74) is 10.1. The number of anilines is 4. The minimum Gasteiger partial charge on any atom is -0.433 e. The first kappa shape index (κ1) is 22.3. The topological polar surface area (TPSA) is 97.4 Å². The fourth-order valence-electron chi connectivity index (χ4n) is 4.02. The summed E-state index contributed by atoms with van der Waals surface area (Å²) in [6.07, 6.45) is 1.59. The number of nitrogens with one attached hydrogen (secondary N) is 1. The number of likely N-dealkylation sites (N-methyl/N-ethyl adjacent to an activating group) is 1. The first-order chi connectivity index (χ1) is 16.4. The van der Waals surface area contributed by atoms with Gasteiger partial charge in [0, 0.05) is 45.5 Å². The van der Waals surface area contributed by atoms with Crippen LogP contribution in [0.2, 0.25) is 0 Å². The first-order valence-corrected chi connectivity index (χ1v) is 11.6. The molecule has 9 nitrogen and oxygen atoms in total. The van der Waals surface area contributed by atoms with Gasteiger partial charge in [-0.1, -0.05) is 0 Å². The molecule has 4 heterocycles. The molecule has 12 heteroatoms. The molecule has 1 fully saturated rings. The Kier molecular flexibility index (Phi) is 5.92.